The van der Waals surface area contributed by atoms with Crippen molar-refractivity contribution in [3.8, 4) is 0 Å². The van der Waals surface area contributed by atoms with E-state index >= 15 is 0 Å². The molecular weight excluding hydrogens is 262 g/mol. The third-order valence-corrected chi connectivity index (χ3v) is 6.47. The van der Waals surface area contributed by atoms with E-state index in [1.54, 1.807) is 6.07 Å². The van der Waals surface area contributed by atoms with Gasteiger partial charge in [0.15, 0.2) is 5.78 Å². The number of ketones is 1. The molecule has 1 N–H and O–H groups in total. The number of hydrogen-bond donors (Lipinski definition) is 1. The molecule has 1 aromatic rings. The summed E-state index contributed by atoms with van der Waals surface area (Å²) in [6.45, 7) is 0. The van der Waals surface area contributed by atoms with E-state index < -0.39 is 0 Å². The largest absolute Gasteiger partial charge is 0.348 e. The average molecular weight is 281 g/mol. The molecule has 0 radical (unpaired) electrons. The summed E-state index contributed by atoms with van der Waals surface area (Å²) in [5.74, 6) is 2.10. The van der Waals surface area contributed by atoms with E-state index in [-0.39, 0.29) is 23.1 Å². The fraction of sp³-hybridized carbons (Fsp3) is 0.556. The minimum absolute atomic E-state index is 0.0479. The summed E-state index contributed by atoms with van der Waals surface area (Å²) in [6, 6.07) is 7.43. The van der Waals surface area contributed by atoms with Crippen LogP contribution in [-0.4, -0.2) is 17.7 Å². The second-order valence-electron chi connectivity index (χ2n) is 7.59. The highest BCUT2D eigenvalue weighted by atomic mass is 16.2. The lowest BCUT2D eigenvalue weighted by atomic mass is 9.46. The Bertz CT molecular complexity index is 651. The Morgan fingerprint density at radius 3 is 2.33 bits per heavy atom. The third-order valence-electron chi connectivity index (χ3n) is 6.47. The van der Waals surface area contributed by atoms with Gasteiger partial charge in [0.1, 0.15) is 0 Å². The second kappa shape index (κ2) is 3.76. The van der Waals surface area contributed by atoms with Gasteiger partial charge in [-0.05, 0) is 55.9 Å². The van der Waals surface area contributed by atoms with Gasteiger partial charge in [-0.3, -0.25) is 9.59 Å². The van der Waals surface area contributed by atoms with Gasteiger partial charge in [0, 0.05) is 11.6 Å². The average Bonchev–Trinajstić information content (AvgIpc) is 2.57. The SMILES string of the molecule is O=C1NC2C3C[C@@H]4C[C@H](C3)CC2(C4)C(=O)c2ccccc21. The number of carbonyl (C=O) groups is 2. The Balaban J connectivity index is 1.72. The normalized spacial score (nSPS) is 43.0. The molecule has 21 heavy (non-hydrogen) atoms. The standard InChI is InChI=1S/C18H19NO2/c20-16-13-3-1-2-4-14(13)17(21)19-15-12-6-10-5-11(7-12)9-18(15,16)8-10/h1-4,10-12,15H,5-9H2,(H,19,21)/t10-,11+,12?,15?,18?. The van der Waals surface area contributed by atoms with Crippen LogP contribution in [0.3, 0.4) is 0 Å². The van der Waals surface area contributed by atoms with Gasteiger partial charge in [0.25, 0.3) is 5.91 Å². The number of hydrogen-bond acceptors (Lipinski definition) is 2. The molecule has 0 aromatic heterocycles. The van der Waals surface area contributed by atoms with Crippen LogP contribution in [0.2, 0.25) is 0 Å². The van der Waals surface area contributed by atoms with E-state index in [0.29, 0.717) is 28.9 Å². The zero-order chi connectivity index (χ0) is 14.2. The van der Waals surface area contributed by atoms with E-state index in [1.165, 1.54) is 19.3 Å². The molecule has 4 saturated carbocycles. The second-order valence-corrected chi connectivity index (χ2v) is 7.59. The van der Waals surface area contributed by atoms with Crippen molar-refractivity contribution in [3.63, 3.8) is 0 Å². The maximum absolute atomic E-state index is 13.3. The highest BCUT2D eigenvalue weighted by Gasteiger charge is 2.62. The molecule has 0 saturated heterocycles. The molecule has 1 aromatic carbocycles. The number of rotatable bonds is 0. The van der Waals surface area contributed by atoms with Crippen molar-refractivity contribution in [3.05, 3.63) is 35.4 Å². The van der Waals surface area contributed by atoms with E-state index in [4.69, 9.17) is 0 Å². The van der Waals surface area contributed by atoms with Gasteiger partial charge in [-0.15, -0.1) is 0 Å². The number of carbonyl (C=O) groups excluding carboxylic acids is 2. The maximum atomic E-state index is 13.3. The van der Waals surface area contributed by atoms with Crippen LogP contribution in [0.15, 0.2) is 24.3 Å². The molecule has 1 heterocycles. The third kappa shape index (κ3) is 1.39. The van der Waals surface area contributed by atoms with Gasteiger partial charge in [0.05, 0.1) is 11.0 Å². The number of amides is 1. The molecular formula is C18H19NO2. The molecule has 1 amide bonds. The molecule has 3 nitrogen and oxygen atoms in total. The van der Waals surface area contributed by atoms with E-state index in [1.807, 2.05) is 18.2 Å². The summed E-state index contributed by atoms with van der Waals surface area (Å²) in [6.07, 6.45) is 5.67. The van der Waals surface area contributed by atoms with Crippen molar-refractivity contribution in [2.45, 2.75) is 38.1 Å². The number of fused-ring (bicyclic) bond motifs is 1. The van der Waals surface area contributed by atoms with E-state index in [0.717, 1.165) is 12.8 Å². The fourth-order valence-corrected chi connectivity index (χ4v) is 5.99. The Hall–Kier alpha value is -1.64. The zero-order valence-electron chi connectivity index (χ0n) is 12.0. The topological polar surface area (TPSA) is 46.2 Å². The van der Waals surface area contributed by atoms with Crippen LogP contribution in [0.4, 0.5) is 0 Å². The molecule has 108 valence electrons. The highest BCUT2D eigenvalue weighted by Crippen LogP contribution is 2.61. The van der Waals surface area contributed by atoms with Crippen molar-refractivity contribution in [2.24, 2.45) is 23.2 Å². The smallest absolute Gasteiger partial charge is 0.252 e. The summed E-state index contributed by atoms with van der Waals surface area (Å²) in [4.78, 5) is 25.9. The van der Waals surface area contributed by atoms with Gasteiger partial charge in [-0.25, -0.2) is 0 Å². The molecule has 6 rings (SSSR count). The quantitative estimate of drug-likeness (QED) is 0.795. The molecule has 3 heteroatoms. The molecule has 1 spiro atoms. The van der Waals surface area contributed by atoms with Gasteiger partial charge in [0.2, 0.25) is 0 Å². The van der Waals surface area contributed by atoms with Crippen molar-refractivity contribution in [2.75, 3.05) is 0 Å². The van der Waals surface area contributed by atoms with Gasteiger partial charge < -0.3 is 5.32 Å². The van der Waals surface area contributed by atoms with Crippen molar-refractivity contribution >= 4 is 11.7 Å². The number of nitrogens with one attached hydrogen (secondary N) is 1. The minimum atomic E-state index is -0.309. The van der Waals surface area contributed by atoms with Crippen LogP contribution in [0, 0.1) is 23.2 Å². The number of benzene rings is 1. The monoisotopic (exact) mass is 281 g/mol. The molecule has 4 aliphatic carbocycles. The Morgan fingerprint density at radius 1 is 0.952 bits per heavy atom. The molecule has 5 aliphatic rings. The summed E-state index contributed by atoms with van der Waals surface area (Å²) in [5.41, 5.74) is 0.918. The van der Waals surface area contributed by atoms with E-state index in [2.05, 4.69) is 5.32 Å². The first-order valence-electron chi connectivity index (χ1n) is 8.12. The predicted molar refractivity (Wildman–Crippen MR) is 78.0 cm³/mol. The van der Waals surface area contributed by atoms with E-state index in [9.17, 15) is 9.59 Å². The lowest BCUT2D eigenvalue weighted by molar-refractivity contribution is -0.0601. The lowest BCUT2D eigenvalue weighted by Gasteiger charge is -2.59. The van der Waals surface area contributed by atoms with Crippen LogP contribution in [0.25, 0.3) is 0 Å². The fourth-order valence-electron chi connectivity index (χ4n) is 5.99. The highest BCUT2D eigenvalue weighted by molar-refractivity contribution is 6.12. The molecule has 4 bridgehead atoms. The minimum Gasteiger partial charge on any atom is -0.348 e. The summed E-state index contributed by atoms with van der Waals surface area (Å²) < 4.78 is 0. The Labute approximate surface area is 124 Å². The van der Waals surface area contributed by atoms with Crippen LogP contribution >= 0.6 is 0 Å². The Morgan fingerprint density at radius 2 is 1.62 bits per heavy atom. The van der Waals surface area contributed by atoms with Gasteiger partial charge >= 0.3 is 0 Å². The summed E-state index contributed by atoms with van der Waals surface area (Å²) in [5, 5.41) is 3.24. The first kappa shape index (κ1) is 12.0. The Kier molecular flexibility index (Phi) is 2.14. The lowest BCUT2D eigenvalue weighted by Crippen LogP contribution is -2.63. The van der Waals surface area contributed by atoms with Crippen molar-refractivity contribution < 1.29 is 9.59 Å². The van der Waals surface area contributed by atoms with Gasteiger partial charge in [-0.1, -0.05) is 18.2 Å². The van der Waals surface area contributed by atoms with Crippen LogP contribution in [-0.2, 0) is 0 Å². The summed E-state index contributed by atoms with van der Waals surface area (Å²) >= 11 is 0. The zero-order valence-corrected chi connectivity index (χ0v) is 12.0. The maximum Gasteiger partial charge on any atom is 0.252 e. The molecule has 4 fully saturated rings. The van der Waals surface area contributed by atoms with Crippen LogP contribution < -0.4 is 5.32 Å². The predicted octanol–water partition coefficient (Wildman–Crippen LogP) is 2.81. The van der Waals surface area contributed by atoms with Gasteiger partial charge in [-0.2, -0.15) is 0 Å². The molecule has 1 aliphatic heterocycles. The van der Waals surface area contributed by atoms with Crippen molar-refractivity contribution in [1.29, 1.82) is 0 Å². The number of Topliss-reactive ketones (excluding diaryl/α,β-unsaturated/α-hetero) is 1. The molecule has 5 atom stereocenters. The molecule has 3 unspecified atom stereocenters. The van der Waals surface area contributed by atoms with Crippen molar-refractivity contribution in [1.82, 2.24) is 5.32 Å². The first-order chi connectivity index (χ1) is 10.2. The van der Waals surface area contributed by atoms with Crippen LogP contribution in [0.1, 0.15) is 52.8 Å². The van der Waals surface area contributed by atoms with Crippen LogP contribution in [0.5, 0.6) is 0 Å². The summed E-state index contributed by atoms with van der Waals surface area (Å²) in [7, 11) is 0. The first-order valence-corrected chi connectivity index (χ1v) is 8.12.